The van der Waals surface area contributed by atoms with Gasteiger partial charge in [0.1, 0.15) is 0 Å². The Kier molecular flexibility index (Phi) is 7.87. The van der Waals surface area contributed by atoms with E-state index < -0.39 is 0 Å². The van der Waals surface area contributed by atoms with E-state index in [1.54, 1.807) is 5.57 Å². The van der Waals surface area contributed by atoms with Gasteiger partial charge in [0.05, 0.1) is 0 Å². The molecule has 0 aliphatic carbocycles. The van der Waals surface area contributed by atoms with Crippen LogP contribution in [0.3, 0.4) is 0 Å². The Bertz CT molecular complexity index is 159. The van der Waals surface area contributed by atoms with Crippen molar-refractivity contribution in [3.05, 3.63) is 11.6 Å². The lowest BCUT2D eigenvalue weighted by atomic mass is 9.95. The average molecular weight is 197 g/mol. The molecule has 0 aromatic carbocycles. The molecule has 84 valence electrons. The number of allylic oxidation sites excluding steroid dienone is 1. The molecule has 0 heterocycles. The molecule has 0 rings (SSSR count). The Labute approximate surface area is 90.2 Å². The molecule has 0 saturated heterocycles. The van der Waals surface area contributed by atoms with Crippen molar-refractivity contribution in [1.82, 2.24) is 4.90 Å². The SMILES string of the molecule is C/C=C(\CCCCC)C(C)CN(C)C. The average Bonchev–Trinajstić information content (AvgIpc) is 2.11. The van der Waals surface area contributed by atoms with E-state index in [-0.39, 0.29) is 0 Å². The van der Waals surface area contributed by atoms with E-state index in [1.807, 2.05) is 0 Å². The van der Waals surface area contributed by atoms with Gasteiger partial charge in [0.15, 0.2) is 0 Å². The van der Waals surface area contributed by atoms with Crippen LogP contribution in [0.25, 0.3) is 0 Å². The highest BCUT2D eigenvalue weighted by Crippen LogP contribution is 2.18. The third-order valence-electron chi connectivity index (χ3n) is 2.71. The maximum atomic E-state index is 2.33. The minimum atomic E-state index is 0.715. The standard InChI is InChI=1S/C13H27N/c1-6-8-9-10-13(7-2)12(3)11-14(4)5/h7,12H,6,8-11H2,1-5H3/b13-7+. The van der Waals surface area contributed by atoms with Crippen molar-refractivity contribution < 1.29 is 0 Å². The lowest BCUT2D eigenvalue weighted by Gasteiger charge is -2.20. The van der Waals surface area contributed by atoms with Crippen LogP contribution in [0, 0.1) is 5.92 Å². The molecule has 0 N–H and O–H groups in total. The summed E-state index contributed by atoms with van der Waals surface area (Å²) >= 11 is 0. The highest BCUT2D eigenvalue weighted by atomic mass is 15.1. The Hall–Kier alpha value is -0.300. The van der Waals surface area contributed by atoms with Crippen molar-refractivity contribution >= 4 is 0 Å². The molecule has 0 saturated carbocycles. The molecule has 0 aliphatic heterocycles. The van der Waals surface area contributed by atoms with Crippen LogP contribution in [0.15, 0.2) is 11.6 Å². The van der Waals surface area contributed by atoms with E-state index in [1.165, 1.54) is 32.2 Å². The molecule has 0 aliphatic rings. The van der Waals surface area contributed by atoms with Gasteiger partial charge in [0, 0.05) is 6.54 Å². The molecular weight excluding hydrogens is 170 g/mol. The zero-order chi connectivity index (χ0) is 11.0. The molecule has 1 atom stereocenters. The Morgan fingerprint density at radius 2 is 1.93 bits per heavy atom. The summed E-state index contributed by atoms with van der Waals surface area (Å²) in [5.41, 5.74) is 1.63. The zero-order valence-corrected chi connectivity index (χ0v) is 10.6. The fourth-order valence-electron chi connectivity index (χ4n) is 1.92. The van der Waals surface area contributed by atoms with Crippen LogP contribution in [0.5, 0.6) is 0 Å². The van der Waals surface area contributed by atoms with Gasteiger partial charge in [-0.3, -0.25) is 0 Å². The van der Waals surface area contributed by atoms with Crippen LogP contribution in [-0.2, 0) is 0 Å². The second kappa shape index (κ2) is 8.05. The maximum absolute atomic E-state index is 2.33. The van der Waals surface area contributed by atoms with Gasteiger partial charge in [0.25, 0.3) is 0 Å². The van der Waals surface area contributed by atoms with Gasteiger partial charge in [-0.1, -0.05) is 38.3 Å². The number of nitrogens with zero attached hydrogens (tertiary/aromatic N) is 1. The Morgan fingerprint density at radius 1 is 1.29 bits per heavy atom. The lowest BCUT2D eigenvalue weighted by molar-refractivity contribution is 0.358. The van der Waals surface area contributed by atoms with Crippen molar-refractivity contribution in [1.29, 1.82) is 0 Å². The van der Waals surface area contributed by atoms with Crippen LogP contribution in [0.1, 0.15) is 46.5 Å². The molecule has 0 amide bonds. The second-order valence-electron chi connectivity index (χ2n) is 4.48. The minimum absolute atomic E-state index is 0.715. The first-order valence-corrected chi connectivity index (χ1v) is 5.91. The summed E-state index contributed by atoms with van der Waals surface area (Å²) in [5.74, 6) is 0.715. The summed E-state index contributed by atoms with van der Waals surface area (Å²) < 4.78 is 0. The van der Waals surface area contributed by atoms with Crippen LogP contribution in [0.2, 0.25) is 0 Å². The third-order valence-corrected chi connectivity index (χ3v) is 2.71. The van der Waals surface area contributed by atoms with Gasteiger partial charge in [-0.05, 0) is 39.8 Å². The first-order chi connectivity index (χ1) is 6.61. The van der Waals surface area contributed by atoms with E-state index in [0.717, 1.165) is 0 Å². The van der Waals surface area contributed by atoms with E-state index in [4.69, 9.17) is 0 Å². The highest BCUT2D eigenvalue weighted by Gasteiger charge is 2.08. The van der Waals surface area contributed by atoms with Gasteiger partial charge in [0.2, 0.25) is 0 Å². The van der Waals surface area contributed by atoms with Crippen molar-refractivity contribution in [3.63, 3.8) is 0 Å². The van der Waals surface area contributed by atoms with Gasteiger partial charge in [-0.15, -0.1) is 0 Å². The zero-order valence-electron chi connectivity index (χ0n) is 10.6. The molecule has 0 radical (unpaired) electrons. The van der Waals surface area contributed by atoms with Gasteiger partial charge in [-0.25, -0.2) is 0 Å². The molecule has 0 bridgehead atoms. The molecule has 1 heteroatoms. The van der Waals surface area contributed by atoms with Crippen LogP contribution >= 0.6 is 0 Å². The number of unbranched alkanes of at least 4 members (excludes halogenated alkanes) is 2. The minimum Gasteiger partial charge on any atom is -0.309 e. The predicted octanol–water partition coefficient (Wildman–Crippen LogP) is 3.71. The van der Waals surface area contributed by atoms with Gasteiger partial charge < -0.3 is 4.90 Å². The van der Waals surface area contributed by atoms with Crippen LogP contribution < -0.4 is 0 Å². The topological polar surface area (TPSA) is 3.24 Å². The first kappa shape index (κ1) is 13.7. The summed E-state index contributed by atoms with van der Waals surface area (Å²) in [6.45, 7) is 7.94. The lowest BCUT2D eigenvalue weighted by Crippen LogP contribution is -2.21. The molecule has 0 spiro atoms. The van der Waals surface area contributed by atoms with E-state index in [9.17, 15) is 0 Å². The number of hydrogen-bond acceptors (Lipinski definition) is 1. The molecular formula is C13H27N. The highest BCUT2D eigenvalue weighted by molar-refractivity contribution is 5.04. The van der Waals surface area contributed by atoms with Gasteiger partial charge >= 0.3 is 0 Å². The monoisotopic (exact) mass is 197 g/mol. The summed E-state index contributed by atoms with van der Waals surface area (Å²) in [6, 6.07) is 0. The molecule has 0 fully saturated rings. The third kappa shape index (κ3) is 6.20. The molecule has 1 unspecified atom stereocenters. The molecule has 1 nitrogen and oxygen atoms in total. The second-order valence-corrected chi connectivity index (χ2v) is 4.48. The van der Waals surface area contributed by atoms with E-state index in [0.29, 0.717) is 5.92 Å². The summed E-state index contributed by atoms with van der Waals surface area (Å²) in [4.78, 5) is 2.27. The first-order valence-electron chi connectivity index (χ1n) is 5.91. The maximum Gasteiger partial charge on any atom is 0.00382 e. The van der Waals surface area contributed by atoms with Crippen LogP contribution in [0.4, 0.5) is 0 Å². The molecule has 14 heavy (non-hydrogen) atoms. The van der Waals surface area contributed by atoms with E-state index >= 15 is 0 Å². The Morgan fingerprint density at radius 3 is 2.36 bits per heavy atom. The van der Waals surface area contributed by atoms with E-state index in [2.05, 4.69) is 45.8 Å². The Balaban J connectivity index is 3.88. The molecule has 0 aromatic rings. The van der Waals surface area contributed by atoms with Crippen molar-refractivity contribution in [2.75, 3.05) is 20.6 Å². The fourth-order valence-corrected chi connectivity index (χ4v) is 1.92. The van der Waals surface area contributed by atoms with Crippen molar-refractivity contribution in [2.45, 2.75) is 46.5 Å². The smallest absolute Gasteiger partial charge is 0.00382 e. The molecule has 0 aromatic heterocycles. The normalized spacial score (nSPS) is 14.9. The quantitative estimate of drug-likeness (QED) is 0.444. The van der Waals surface area contributed by atoms with Crippen molar-refractivity contribution in [2.24, 2.45) is 5.92 Å². The summed E-state index contributed by atoms with van der Waals surface area (Å²) in [7, 11) is 4.30. The predicted molar refractivity (Wildman–Crippen MR) is 65.6 cm³/mol. The fraction of sp³-hybridized carbons (Fsp3) is 0.846. The number of hydrogen-bond donors (Lipinski definition) is 0. The number of rotatable bonds is 7. The summed E-state index contributed by atoms with van der Waals surface area (Å²) in [6.07, 6.45) is 7.64. The largest absolute Gasteiger partial charge is 0.309 e. The van der Waals surface area contributed by atoms with Crippen molar-refractivity contribution in [3.8, 4) is 0 Å². The summed E-state index contributed by atoms with van der Waals surface area (Å²) in [5, 5.41) is 0. The van der Waals surface area contributed by atoms with Crippen LogP contribution in [-0.4, -0.2) is 25.5 Å². The van der Waals surface area contributed by atoms with Gasteiger partial charge in [-0.2, -0.15) is 0 Å².